The fourth-order valence-corrected chi connectivity index (χ4v) is 2.50. The molecule has 5 heteroatoms. The van der Waals surface area contributed by atoms with Crippen LogP contribution in [0.2, 0.25) is 25.7 Å². The Kier molecular flexibility index (Phi) is 3.73. The quantitative estimate of drug-likeness (QED) is 0.666. The molecule has 2 aromatic rings. The number of anilines is 1. The number of nitrogens with zero attached hydrogens (tertiary/aromatic N) is 2. The van der Waals surface area contributed by atoms with E-state index in [1.54, 1.807) is 6.20 Å². The smallest absolute Gasteiger partial charge is 0.141 e. The molecule has 2 heterocycles. The Morgan fingerprint density at radius 3 is 2.89 bits per heavy atom. The van der Waals surface area contributed by atoms with Crippen LogP contribution in [0.5, 0.6) is 0 Å². The summed E-state index contributed by atoms with van der Waals surface area (Å²) in [6, 6.07) is 5.13. The van der Waals surface area contributed by atoms with Crippen molar-refractivity contribution in [3.05, 3.63) is 24.5 Å². The molecule has 18 heavy (non-hydrogen) atoms. The number of hydrogen-bond donors (Lipinski definition) is 1. The van der Waals surface area contributed by atoms with Crippen molar-refractivity contribution >= 4 is 24.8 Å². The average Bonchev–Trinajstić information content (AvgIpc) is 2.65. The third kappa shape index (κ3) is 3.33. The van der Waals surface area contributed by atoms with Crippen LogP contribution in [0.3, 0.4) is 0 Å². The van der Waals surface area contributed by atoms with Crippen molar-refractivity contribution in [3.8, 4) is 0 Å². The molecule has 98 valence electrons. The lowest BCUT2D eigenvalue weighted by molar-refractivity contribution is 0.0899. The number of pyridine rings is 1. The summed E-state index contributed by atoms with van der Waals surface area (Å²) in [7, 11) is -1.01. The summed E-state index contributed by atoms with van der Waals surface area (Å²) in [6.07, 6.45) is 3.67. The van der Waals surface area contributed by atoms with Crippen molar-refractivity contribution in [3.63, 3.8) is 0 Å². The van der Waals surface area contributed by atoms with Crippen LogP contribution in [0.4, 0.5) is 5.69 Å². The predicted octanol–water partition coefficient (Wildman–Crippen LogP) is 2.93. The fourth-order valence-electron chi connectivity index (χ4n) is 1.74. The minimum absolute atomic E-state index is 0.560. The van der Waals surface area contributed by atoms with E-state index in [4.69, 9.17) is 10.5 Å². The number of nitrogens with two attached hydrogens (primary N) is 1. The van der Waals surface area contributed by atoms with Crippen LogP contribution in [0.25, 0.3) is 11.0 Å². The lowest BCUT2D eigenvalue weighted by Gasteiger charge is -2.15. The number of fused-ring (bicyclic) bond motifs is 1. The van der Waals surface area contributed by atoms with Gasteiger partial charge in [0, 0.05) is 26.3 Å². The molecule has 2 N–H and O–H groups in total. The zero-order valence-corrected chi connectivity index (χ0v) is 12.3. The summed E-state index contributed by atoms with van der Waals surface area (Å²) >= 11 is 0. The monoisotopic (exact) mass is 263 g/mol. The first-order valence-corrected chi connectivity index (χ1v) is 9.94. The summed E-state index contributed by atoms with van der Waals surface area (Å²) in [5.41, 5.74) is 7.33. The van der Waals surface area contributed by atoms with Crippen molar-refractivity contribution in [2.24, 2.45) is 0 Å². The molecule has 0 unspecified atom stereocenters. The highest BCUT2D eigenvalue weighted by Gasteiger charge is 2.12. The summed E-state index contributed by atoms with van der Waals surface area (Å²) in [5, 5.41) is 1.06. The number of rotatable bonds is 5. The van der Waals surface area contributed by atoms with Gasteiger partial charge in [0.1, 0.15) is 12.4 Å². The highest BCUT2D eigenvalue weighted by molar-refractivity contribution is 6.76. The zero-order chi connectivity index (χ0) is 13.2. The van der Waals surface area contributed by atoms with Gasteiger partial charge in [-0.1, -0.05) is 19.6 Å². The molecular formula is C13H21N3OSi. The predicted molar refractivity (Wildman–Crippen MR) is 78.3 cm³/mol. The molecule has 2 rings (SSSR count). The summed E-state index contributed by atoms with van der Waals surface area (Å²) in [4.78, 5) is 4.33. The molecule has 0 bridgehead atoms. The SMILES string of the molecule is C[Si](C)(C)CCOCn1ccc2cc(N)cnc21. The Morgan fingerprint density at radius 2 is 2.17 bits per heavy atom. The lowest BCUT2D eigenvalue weighted by Crippen LogP contribution is -2.22. The molecule has 0 aliphatic rings. The van der Waals surface area contributed by atoms with E-state index in [1.807, 2.05) is 22.9 Å². The van der Waals surface area contributed by atoms with Gasteiger partial charge in [0.25, 0.3) is 0 Å². The van der Waals surface area contributed by atoms with Gasteiger partial charge in [-0.05, 0) is 18.2 Å². The second-order valence-electron chi connectivity index (χ2n) is 5.82. The van der Waals surface area contributed by atoms with E-state index in [1.165, 1.54) is 6.04 Å². The molecule has 0 atom stereocenters. The Balaban J connectivity index is 1.96. The van der Waals surface area contributed by atoms with E-state index in [2.05, 4.69) is 24.6 Å². The van der Waals surface area contributed by atoms with E-state index in [0.29, 0.717) is 12.4 Å². The highest BCUT2D eigenvalue weighted by Crippen LogP contribution is 2.16. The maximum atomic E-state index is 5.72. The van der Waals surface area contributed by atoms with Crippen molar-refractivity contribution < 1.29 is 4.74 Å². The first-order valence-electron chi connectivity index (χ1n) is 6.24. The van der Waals surface area contributed by atoms with Gasteiger partial charge in [-0.25, -0.2) is 4.98 Å². The van der Waals surface area contributed by atoms with Gasteiger partial charge in [0.15, 0.2) is 0 Å². The van der Waals surface area contributed by atoms with Crippen molar-refractivity contribution in [2.45, 2.75) is 32.4 Å². The molecule has 0 saturated carbocycles. The molecule has 0 saturated heterocycles. The van der Waals surface area contributed by atoms with Crippen LogP contribution < -0.4 is 5.73 Å². The number of hydrogen-bond acceptors (Lipinski definition) is 3. The van der Waals surface area contributed by atoms with Crippen LogP contribution in [-0.4, -0.2) is 24.2 Å². The molecule has 0 spiro atoms. The third-order valence-electron chi connectivity index (χ3n) is 2.85. The Hall–Kier alpha value is -1.33. The Morgan fingerprint density at radius 1 is 1.39 bits per heavy atom. The second kappa shape index (κ2) is 5.12. The molecule has 0 aliphatic heterocycles. The first kappa shape index (κ1) is 13.1. The Labute approximate surface area is 109 Å². The largest absolute Gasteiger partial charge is 0.397 e. The topological polar surface area (TPSA) is 53.1 Å². The Bertz CT molecular complexity index is 531. The molecule has 2 aromatic heterocycles. The van der Waals surface area contributed by atoms with Crippen molar-refractivity contribution in [1.29, 1.82) is 0 Å². The summed E-state index contributed by atoms with van der Waals surface area (Å²) in [6.45, 7) is 8.44. The fraction of sp³-hybridized carbons (Fsp3) is 0.462. The minimum atomic E-state index is -1.01. The van der Waals surface area contributed by atoms with Gasteiger partial charge >= 0.3 is 0 Å². The van der Waals surface area contributed by atoms with E-state index < -0.39 is 8.07 Å². The molecule has 0 aliphatic carbocycles. The summed E-state index contributed by atoms with van der Waals surface area (Å²) < 4.78 is 7.73. The number of aromatic nitrogens is 2. The van der Waals surface area contributed by atoms with Crippen LogP contribution in [-0.2, 0) is 11.5 Å². The van der Waals surface area contributed by atoms with Crippen LogP contribution in [0.15, 0.2) is 24.5 Å². The lowest BCUT2D eigenvalue weighted by atomic mass is 10.3. The molecular weight excluding hydrogens is 242 g/mol. The van der Waals surface area contributed by atoms with Gasteiger partial charge in [-0.3, -0.25) is 0 Å². The van der Waals surface area contributed by atoms with Crippen LogP contribution in [0.1, 0.15) is 0 Å². The van der Waals surface area contributed by atoms with Crippen LogP contribution in [0, 0.1) is 0 Å². The minimum Gasteiger partial charge on any atom is -0.397 e. The third-order valence-corrected chi connectivity index (χ3v) is 4.55. The molecule has 0 radical (unpaired) electrons. The standard InChI is InChI=1S/C13H21N3OSi/c1-18(2,3)7-6-17-10-16-5-4-11-8-12(14)9-15-13(11)16/h4-5,8-9H,6-7,10,14H2,1-3H3. The second-order valence-corrected chi connectivity index (χ2v) is 11.4. The maximum absolute atomic E-state index is 5.72. The first-order chi connectivity index (χ1) is 8.46. The van der Waals surface area contributed by atoms with Crippen molar-refractivity contribution in [2.75, 3.05) is 12.3 Å². The van der Waals surface area contributed by atoms with Gasteiger partial charge in [-0.15, -0.1) is 0 Å². The van der Waals surface area contributed by atoms with Gasteiger partial charge < -0.3 is 15.0 Å². The van der Waals surface area contributed by atoms with Crippen molar-refractivity contribution in [1.82, 2.24) is 9.55 Å². The summed E-state index contributed by atoms with van der Waals surface area (Å²) in [5.74, 6) is 0. The highest BCUT2D eigenvalue weighted by atomic mass is 28.3. The molecule has 0 amide bonds. The van der Waals surface area contributed by atoms with E-state index in [9.17, 15) is 0 Å². The van der Waals surface area contributed by atoms with Crippen LogP contribution >= 0.6 is 0 Å². The number of nitrogen functional groups attached to an aromatic ring is 1. The van der Waals surface area contributed by atoms with E-state index >= 15 is 0 Å². The normalized spacial score (nSPS) is 12.2. The van der Waals surface area contributed by atoms with Gasteiger partial charge in [0.2, 0.25) is 0 Å². The molecule has 0 aromatic carbocycles. The maximum Gasteiger partial charge on any atom is 0.141 e. The number of ether oxygens (including phenoxy) is 1. The van der Waals surface area contributed by atoms with E-state index in [0.717, 1.165) is 17.6 Å². The molecule has 0 fully saturated rings. The molecule has 4 nitrogen and oxygen atoms in total. The van der Waals surface area contributed by atoms with Gasteiger partial charge in [0.05, 0.1) is 11.9 Å². The van der Waals surface area contributed by atoms with E-state index in [-0.39, 0.29) is 0 Å². The zero-order valence-electron chi connectivity index (χ0n) is 11.3. The van der Waals surface area contributed by atoms with Gasteiger partial charge in [-0.2, -0.15) is 0 Å². The average molecular weight is 263 g/mol.